The Hall–Kier alpha value is -6.64. The third-order valence-corrected chi connectivity index (χ3v) is 12.1. The van der Waals surface area contributed by atoms with Crippen LogP contribution in [0.25, 0.3) is 33.4 Å². The lowest BCUT2D eigenvalue weighted by Gasteiger charge is -2.40. The van der Waals surface area contributed by atoms with Crippen LogP contribution in [0.2, 0.25) is 0 Å². The van der Waals surface area contributed by atoms with Gasteiger partial charge in [-0.3, -0.25) is 0 Å². The number of benzene rings is 8. The molecule has 2 nitrogen and oxygen atoms in total. The van der Waals surface area contributed by atoms with E-state index in [1.54, 1.807) is 0 Å². The summed E-state index contributed by atoms with van der Waals surface area (Å²) in [5.41, 5.74) is 17.8. The van der Waals surface area contributed by atoms with Crippen molar-refractivity contribution in [3.05, 3.63) is 221 Å². The van der Waals surface area contributed by atoms with Crippen LogP contribution in [0.5, 0.6) is 11.5 Å². The summed E-state index contributed by atoms with van der Waals surface area (Å²) < 4.78 is 6.83. The summed E-state index contributed by atoms with van der Waals surface area (Å²) >= 11 is 0. The van der Waals surface area contributed by atoms with Gasteiger partial charge in [0.15, 0.2) is 0 Å². The SMILES string of the molecule is CC1(C)c2ccccc2-c2c(N(c3ccc(-c4ccccc4)cc3)c3ccc4c(c3)C3(c5ccccc5O4)c4ccccc4-c4ccccc43)cccc21. The van der Waals surface area contributed by atoms with Crippen LogP contribution in [0.3, 0.4) is 0 Å². The van der Waals surface area contributed by atoms with E-state index in [1.807, 2.05) is 0 Å². The highest BCUT2D eigenvalue weighted by atomic mass is 16.5. The molecule has 256 valence electrons. The van der Waals surface area contributed by atoms with Crippen molar-refractivity contribution in [3.8, 4) is 44.9 Å². The number of fused-ring (bicyclic) bond motifs is 12. The zero-order valence-corrected chi connectivity index (χ0v) is 30.3. The van der Waals surface area contributed by atoms with Gasteiger partial charge in [0.1, 0.15) is 11.5 Å². The fourth-order valence-electron chi connectivity index (χ4n) is 9.77. The van der Waals surface area contributed by atoms with Gasteiger partial charge < -0.3 is 9.64 Å². The Labute approximate surface area is 316 Å². The fraction of sp³-hybridized carbons (Fsp3) is 0.0769. The minimum absolute atomic E-state index is 0.125. The van der Waals surface area contributed by atoms with E-state index in [-0.39, 0.29) is 5.41 Å². The van der Waals surface area contributed by atoms with E-state index in [4.69, 9.17) is 4.74 Å². The Morgan fingerprint density at radius 2 is 0.926 bits per heavy atom. The van der Waals surface area contributed by atoms with E-state index < -0.39 is 5.41 Å². The Morgan fingerprint density at radius 3 is 1.65 bits per heavy atom. The van der Waals surface area contributed by atoms with Gasteiger partial charge in [-0.15, -0.1) is 0 Å². The molecule has 0 bridgehead atoms. The lowest BCUT2D eigenvalue weighted by molar-refractivity contribution is 0.436. The molecule has 54 heavy (non-hydrogen) atoms. The lowest BCUT2D eigenvalue weighted by Crippen LogP contribution is -2.32. The van der Waals surface area contributed by atoms with Crippen LogP contribution in [-0.4, -0.2) is 0 Å². The monoisotopic (exact) mass is 691 g/mol. The fourth-order valence-corrected chi connectivity index (χ4v) is 9.77. The lowest BCUT2D eigenvalue weighted by atomic mass is 9.66. The molecule has 0 saturated heterocycles. The maximum atomic E-state index is 6.83. The summed E-state index contributed by atoms with van der Waals surface area (Å²) in [7, 11) is 0. The Balaban J connectivity index is 1.19. The zero-order chi connectivity index (χ0) is 36.0. The van der Waals surface area contributed by atoms with Crippen LogP contribution in [0.4, 0.5) is 17.1 Å². The van der Waals surface area contributed by atoms with Crippen molar-refractivity contribution in [2.24, 2.45) is 0 Å². The van der Waals surface area contributed by atoms with Gasteiger partial charge in [0.05, 0.1) is 11.1 Å². The minimum atomic E-state index is -0.552. The van der Waals surface area contributed by atoms with Gasteiger partial charge >= 0.3 is 0 Å². The maximum absolute atomic E-state index is 6.83. The van der Waals surface area contributed by atoms with Crippen LogP contribution < -0.4 is 9.64 Å². The van der Waals surface area contributed by atoms with E-state index in [0.29, 0.717) is 0 Å². The average Bonchev–Trinajstić information content (AvgIpc) is 3.65. The topological polar surface area (TPSA) is 12.5 Å². The highest BCUT2D eigenvalue weighted by molar-refractivity contribution is 5.96. The largest absolute Gasteiger partial charge is 0.457 e. The normalized spacial score (nSPS) is 14.6. The Bertz CT molecular complexity index is 2730. The number of hydrogen-bond donors (Lipinski definition) is 0. The quantitative estimate of drug-likeness (QED) is 0.182. The molecule has 0 aromatic heterocycles. The summed E-state index contributed by atoms with van der Waals surface area (Å²) in [5.74, 6) is 1.78. The highest BCUT2D eigenvalue weighted by Gasteiger charge is 2.51. The molecule has 3 aliphatic rings. The molecule has 0 unspecified atom stereocenters. The third kappa shape index (κ3) is 4.17. The molecular formula is C52H37NO. The number of rotatable bonds is 4. The second-order valence-electron chi connectivity index (χ2n) is 15.2. The van der Waals surface area contributed by atoms with Crippen molar-refractivity contribution in [1.82, 2.24) is 0 Å². The molecule has 0 saturated carbocycles. The molecule has 2 aliphatic carbocycles. The van der Waals surface area contributed by atoms with E-state index in [1.165, 1.54) is 61.2 Å². The summed E-state index contributed by atoms with van der Waals surface area (Å²) in [6.07, 6.45) is 0. The summed E-state index contributed by atoms with van der Waals surface area (Å²) in [4.78, 5) is 2.47. The molecule has 0 fully saturated rings. The van der Waals surface area contributed by atoms with Crippen molar-refractivity contribution in [2.75, 3.05) is 4.90 Å². The number of ether oxygens (including phenoxy) is 1. The first-order valence-corrected chi connectivity index (χ1v) is 18.9. The molecule has 1 spiro atoms. The maximum Gasteiger partial charge on any atom is 0.132 e. The first kappa shape index (κ1) is 30.9. The van der Waals surface area contributed by atoms with E-state index in [2.05, 4.69) is 207 Å². The van der Waals surface area contributed by atoms with Gasteiger partial charge in [0, 0.05) is 33.5 Å². The summed E-state index contributed by atoms with van der Waals surface area (Å²) in [5, 5.41) is 0. The molecule has 0 radical (unpaired) electrons. The second kappa shape index (κ2) is 11.4. The average molecular weight is 692 g/mol. The predicted octanol–water partition coefficient (Wildman–Crippen LogP) is 13.6. The smallest absolute Gasteiger partial charge is 0.132 e. The third-order valence-electron chi connectivity index (χ3n) is 12.1. The predicted molar refractivity (Wildman–Crippen MR) is 222 cm³/mol. The Kier molecular flexibility index (Phi) is 6.55. The molecule has 8 aromatic rings. The van der Waals surface area contributed by atoms with E-state index in [0.717, 1.165) is 34.1 Å². The van der Waals surface area contributed by atoms with Gasteiger partial charge in [-0.05, 0) is 92.5 Å². The number of hydrogen-bond acceptors (Lipinski definition) is 2. The van der Waals surface area contributed by atoms with Crippen molar-refractivity contribution >= 4 is 17.1 Å². The molecule has 0 N–H and O–H groups in total. The molecule has 11 rings (SSSR count). The van der Waals surface area contributed by atoms with Crippen LogP contribution in [-0.2, 0) is 10.8 Å². The van der Waals surface area contributed by atoms with Gasteiger partial charge in [-0.1, -0.05) is 159 Å². The Morgan fingerprint density at radius 1 is 0.389 bits per heavy atom. The van der Waals surface area contributed by atoms with Crippen LogP contribution in [0.1, 0.15) is 47.2 Å². The molecule has 1 heterocycles. The standard InChI is InChI=1S/C52H37NO/c1-51(2)41-20-9-8-19-40(41)50-45(51)24-14-25-47(50)53(36-29-27-35(28-30-36)34-15-4-3-5-16-34)37-31-32-49-46(33-37)52(44-23-12-13-26-48(44)54-49)42-21-10-6-17-38(42)39-18-7-11-22-43(39)52/h3-33H,1-2H3. The molecule has 0 atom stereocenters. The van der Waals surface area contributed by atoms with Crippen LogP contribution in [0, 0.1) is 0 Å². The zero-order valence-electron chi connectivity index (χ0n) is 30.3. The summed E-state index contributed by atoms with van der Waals surface area (Å²) in [6, 6.07) is 68.7. The number of para-hydroxylation sites is 1. The van der Waals surface area contributed by atoms with Gasteiger partial charge in [-0.25, -0.2) is 0 Å². The van der Waals surface area contributed by atoms with Gasteiger partial charge in [0.25, 0.3) is 0 Å². The molecular weight excluding hydrogens is 655 g/mol. The van der Waals surface area contributed by atoms with Crippen LogP contribution >= 0.6 is 0 Å². The second-order valence-corrected chi connectivity index (χ2v) is 15.2. The molecule has 2 heteroatoms. The first-order chi connectivity index (χ1) is 26.5. The molecule has 1 aliphatic heterocycles. The van der Waals surface area contributed by atoms with Crippen LogP contribution in [0.15, 0.2) is 188 Å². The van der Waals surface area contributed by atoms with Crippen molar-refractivity contribution in [3.63, 3.8) is 0 Å². The van der Waals surface area contributed by atoms with E-state index in [9.17, 15) is 0 Å². The van der Waals surface area contributed by atoms with Crippen molar-refractivity contribution < 1.29 is 4.74 Å². The number of nitrogens with zero attached hydrogens (tertiary/aromatic N) is 1. The number of anilines is 3. The first-order valence-electron chi connectivity index (χ1n) is 18.9. The van der Waals surface area contributed by atoms with Gasteiger partial charge in [-0.2, -0.15) is 0 Å². The molecule has 0 amide bonds. The minimum Gasteiger partial charge on any atom is -0.457 e. The molecule has 8 aromatic carbocycles. The summed E-state index contributed by atoms with van der Waals surface area (Å²) in [6.45, 7) is 4.71. The van der Waals surface area contributed by atoms with Crippen molar-refractivity contribution in [2.45, 2.75) is 24.7 Å². The van der Waals surface area contributed by atoms with Gasteiger partial charge in [0.2, 0.25) is 0 Å². The highest BCUT2D eigenvalue weighted by Crippen LogP contribution is 2.63. The van der Waals surface area contributed by atoms with Crippen molar-refractivity contribution in [1.29, 1.82) is 0 Å². The van der Waals surface area contributed by atoms with E-state index >= 15 is 0 Å².